The molecule has 0 heterocycles. The number of nitrogens with one attached hydrogen (secondary N) is 2. The number of hydrogen-bond acceptors (Lipinski definition) is 3. The quantitative estimate of drug-likeness (QED) is 0.736. The van der Waals surface area contributed by atoms with Crippen molar-refractivity contribution in [3.63, 3.8) is 0 Å². The molecule has 1 aliphatic carbocycles. The number of carbonyl (C=O) groups excluding carboxylic acids is 1. The number of nitrogens with zero attached hydrogens (tertiary/aromatic N) is 1. The van der Waals surface area contributed by atoms with Crippen molar-refractivity contribution in [3.05, 3.63) is 56.9 Å². The van der Waals surface area contributed by atoms with Gasteiger partial charge in [-0.1, -0.05) is 0 Å². The molecule has 0 unspecified atom stereocenters. The summed E-state index contributed by atoms with van der Waals surface area (Å²) in [6.45, 7) is 0. The van der Waals surface area contributed by atoms with Crippen LogP contribution in [0, 0.1) is 20.7 Å². The van der Waals surface area contributed by atoms with Gasteiger partial charge in [0.15, 0.2) is 0 Å². The second-order valence-corrected chi connectivity index (χ2v) is 6.61. The highest BCUT2D eigenvalue weighted by molar-refractivity contribution is 14.1. The van der Waals surface area contributed by atoms with Crippen LogP contribution in [0.2, 0.25) is 0 Å². The topological polar surface area (TPSA) is 64.9 Å². The Bertz CT molecular complexity index is 812. The molecule has 6 heteroatoms. The first-order valence-electron chi connectivity index (χ1n) is 7.14. The number of carbonyl (C=O) groups is 1. The van der Waals surface area contributed by atoms with E-state index in [2.05, 4.69) is 10.6 Å². The third-order valence-corrected chi connectivity index (χ3v) is 4.18. The molecule has 0 spiro atoms. The molecule has 0 bridgehead atoms. The summed E-state index contributed by atoms with van der Waals surface area (Å²) in [6, 6.07) is 11.8. The Morgan fingerprint density at radius 1 is 1.22 bits per heavy atom. The fourth-order valence-electron chi connectivity index (χ4n) is 2.14. The lowest BCUT2D eigenvalue weighted by Crippen LogP contribution is -2.26. The summed E-state index contributed by atoms with van der Waals surface area (Å²) in [5, 5.41) is 14.9. The third-order valence-electron chi connectivity index (χ3n) is 3.51. The van der Waals surface area contributed by atoms with E-state index in [0.717, 1.165) is 16.4 Å². The van der Waals surface area contributed by atoms with Crippen LogP contribution in [0.25, 0.3) is 0 Å². The van der Waals surface area contributed by atoms with Gasteiger partial charge in [0.25, 0.3) is 5.91 Å². The molecule has 1 fully saturated rings. The fourth-order valence-corrected chi connectivity index (χ4v) is 2.60. The summed E-state index contributed by atoms with van der Waals surface area (Å²) < 4.78 is 14.8. The number of benzene rings is 2. The van der Waals surface area contributed by atoms with E-state index in [1.54, 1.807) is 30.3 Å². The van der Waals surface area contributed by atoms with Crippen LogP contribution in [0.15, 0.2) is 36.4 Å². The minimum absolute atomic E-state index is 0.217. The molecular weight excluding hydrogens is 408 g/mol. The molecular formula is C17H13FIN3O. The molecule has 0 saturated heterocycles. The maximum Gasteiger partial charge on any atom is 0.253 e. The molecule has 0 aliphatic heterocycles. The lowest BCUT2D eigenvalue weighted by Gasteiger charge is -2.13. The predicted octanol–water partition coefficient (Wildman–Crippen LogP) is 3.94. The van der Waals surface area contributed by atoms with Gasteiger partial charge in [0.2, 0.25) is 0 Å². The van der Waals surface area contributed by atoms with Crippen molar-refractivity contribution in [2.24, 2.45) is 0 Å². The zero-order valence-corrected chi connectivity index (χ0v) is 14.2. The highest BCUT2D eigenvalue weighted by Gasteiger charge is 2.25. The van der Waals surface area contributed by atoms with Crippen molar-refractivity contribution in [1.29, 1.82) is 5.26 Å². The number of rotatable bonds is 4. The van der Waals surface area contributed by atoms with E-state index in [0.29, 0.717) is 16.8 Å². The van der Waals surface area contributed by atoms with E-state index in [-0.39, 0.29) is 17.6 Å². The maximum atomic E-state index is 14.0. The minimum atomic E-state index is -0.409. The lowest BCUT2D eigenvalue weighted by molar-refractivity contribution is 0.0952. The maximum absolute atomic E-state index is 14.0. The Balaban J connectivity index is 1.94. The van der Waals surface area contributed by atoms with Gasteiger partial charge in [-0.05, 0) is 71.8 Å². The predicted molar refractivity (Wildman–Crippen MR) is 94.0 cm³/mol. The lowest BCUT2D eigenvalue weighted by atomic mass is 10.1. The SMILES string of the molecule is N#Cc1ccc(C(=O)NC2CC2)c(Nc2ccc(I)cc2F)c1. The van der Waals surface area contributed by atoms with Gasteiger partial charge in [-0.3, -0.25) is 4.79 Å². The van der Waals surface area contributed by atoms with Crippen LogP contribution in [0.1, 0.15) is 28.8 Å². The first-order chi connectivity index (χ1) is 11.1. The normalized spacial score (nSPS) is 13.3. The monoisotopic (exact) mass is 421 g/mol. The summed E-state index contributed by atoms with van der Waals surface area (Å²) in [5.74, 6) is -0.627. The van der Waals surface area contributed by atoms with Crippen molar-refractivity contribution >= 4 is 39.9 Å². The van der Waals surface area contributed by atoms with E-state index in [9.17, 15) is 9.18 Å². The van der Waals surface area contributed by atoms with Crippen LogP contribution in [0.4, 0.5) is 15.8 Å². The van der Waals surface area contributed by atoms with E-state index in [4.69, 9.17) is 5.26 Å². The summed E-state index contributed by atoms with van der Waals surface area (Å²) in [6.07, 6.45) is 1.97. The summed E-state index contributed by atoms with van der Waals surface area (Å²) >= 11 is 2.03. The molecule has 2 aromatic carbocycles. The number of anilines is 2. The molecule has 0 radical (unpaired) electrons. The number of amides is 1. The molecule has 116 valence electrons. The molecule has 2 aromatic rings. The van der Waals surface area contributed by atoms with Gasteiger partial charge in [-0.2, -0.15) is 5.26 Å². The van der Waals surface area contributed by atoms with Gasteiger partial charge in [-0.15, -0.1) is 0 Å². The minimum Gasteiger partial charge on any atom is -0.352 e. The second-order valence-electron chi connectivity index (χ2n) is 5.37. The number of nitriles is 1. The average Bonchev–Trinajstić information content (AvgIpc) is 3.33. The smallest absolute Gasteiger partial charge is 0.253 e. The fraction of sp³-hybridized carbons (Fsp3) is 0.176. The molecule has 23 heavy (non-hydrogen) atoms. The van der Waals surface area contributed by atoms with E-state index in [1.165, 1.54) is 6.07 Å². The van der Waals surface area contributed by atoms with Crippen LogP contribution >= 0.6 is 22.6 Å². The van der Waals surface area contributed by atoms with Crippen molar-refractivity contribution in [3.8, 4) is 6.07 Å². The number of hydrogen-bond donors (Lipinski definition) is 2. The zero-order valence-electron chi connectivity index (χ0n) is 12.1. The Morgan fingerprint density at radius 2 is 2.00 bits per heavy atom. The Hall–Kier alpha value is -2.14. The van der Waals surface area contributed by atoms with Gasteiger partial charge in [0, 0.05) is 9.61 Å². The van der Waals surface area contributed by atoms with Crippen molar-refractivity contribution in [1.82, 2.24) is 5.32 Å². The summed E-state index contributed by atoms with van der Waals surface area (Å²) in [5.41, 5.74) is 1.48. The van der Waals surface area contributed by atoms with Crippen LogP contribution in [0.3, 0.4) is 0 Å². The number of halogens is 2. The highest BCUT2D eigenvalue weighted by atomic mass is 127. The molecule has 0 atom stereocenters. The molecule has 0 aromatic heterocycles. The summed E-state index contributed by atoms with van der Waals surface area (Å²) in [7, 11) is 0. The van der Waals surface area contributed by atoms with Crippen LogP contribution in [-0.4, -0.2) is 11.9 Å². The van der Waals surface area contributed by atoms with E-state index < -0.39 is 5.82 Å². The van der Waals surface area contributed by atoms with E-state index >= 15 is 0 Å². The third kappa shape index (κ3) is 3.79. The first-order valence-corrected chi connectivity index (χ1v) is 8.22. The standard InChI is InChI=1S/C17H13FIN3O/c18-14-8-11(19)2-6-15(14)22-16-7-10(9-20)1-5-13(16)17(23)21-12-3-4-12/h1-2,5-8,12,22H,3-4H2,(H,21,23). The van der Waals surface area contributed by atoms with E-state index in [1.807, 2.05) is 28.7 Å². The summed E-state index contributed by atoms with van der Waals surface area (Å²) in [4.78, 5) is 12.3. The van der Waals surface area contributed by atoms with Crippen molar-refractivity contribution in [2.75, 3.05) is 5.32 Å². The molecule has 1 saturated carbocycles. The van der Waals surface area contributed by atoms with Crippen molar-refractivity contribution < 1.29 is 9.18 Å². The van der Waals surface area contributed by atoms with Gasteiger partial charge >= 0.3 is 0 Å². The van der Waals surface area contributed by atoms with Gasteiger partial charge in [0.05, 0.1) is 28.6 Å². The Kier molecular flexibility index (Phi) is 4.48. The largest absolute Gasteiger partial charge is 0.352 e. The molecule has 2 N–H and O–H groups in total. The molecule has 3 rings (SSSR count). The van der Waals surface area contributed by atoms with Gasteiger partial charge in [0.1, 0.15) is 5.82 Å². The second kappa shape index (κ2) is 6.54. The molecule has 1 amide bonds. The highest BCUT2D eigenvalue weighted by Crippen LogP contribution is 2.27. The van der Waals surface area contributed by atoms with Crippen LogP contribution in [0.5, 0.6) is 0 Å². The van der Waals surface area contributed by atoms with Crippen LogP contribution in [-0.2, 0) is 0 Å². The van der Waals surface area contributed by atoms with Crippen LogP contribution < -0.4 is 10.6 Å². The average molecular weight is 421 g/mol. The first kappa shape index (κ1) is 15.7. The Morgan fingerprint density at radius 3 is 2.65 bits per heavy atom. The van der Waals surface area contributed by atoms with Gasteiger partial charge < -0.3 is 10.6 Å². The Labute approximate surface area is 146 Å². The van der Waals surface area contributed by atoms with Gasteiger partial charge in [-0.25, -0.2) is 4.39 Å². The van der Waals surface area contributed by atoms with Crippen molar-refractivity contribution in [2.45, 2.75) is 18.9 Å². The molecule has 4 nitrogen and oxygen atoms in total. The zero-order chi connectivity index (χ0) is 16.4. The molecule has 1 aliphatic rings.